The van der Waals surface area contributed by atoms with E-state index < -0.39 is 0 Å². The zero-order valence-corrected chi connectivity index (χ0v) is 14.1. The lowest BCUT2D eigenvalue weighted by atomic mass is 9.96. The van der Waals surface area contributed by atoms with Gasteiger partial charge in [-0.25, -0.2) is 0 Å². The second-order valence-corrected chi connectivity index (χ2v) is 6.82. The van der Waals surface area contributed by atoms with E-state index in [4.69, 9.17) is 4.42 Å². The third-order valence-corrected chi connectivity index (χ3v) is 5.01. The Balaban J connectivity index is 1.39. The third kappa shape index (κ3) is 4.35. The number of furan rings is 1. The van der Waals surface area contributed by atoms with E-state index in [2.05, 4.69) is 5.32 Å². The lowest BCUT2D eigenvalue weighted by Crippen LogP contribution is -2.41. The van der Waals surface area contributed by atoms with Crippen molar-refractivity contribution in [1.29, 1.82) is 0 Å². The van der Waals surface area contributed by atoms with Crippen molar-refractivity contribution in [2.45, 2.75) is 12.8 Å². The number of piperidine rings is 1. The van der Waals surface area contributed by atoms with Crippen molar-refractivity contribution in [3.8, 4) is 0 Å². The Hall–Kier alpha value is -2.34. The molecule has 1 aliphatic heterocycles. The van der Waals surface area contributed by atoms with Crippen molar-refractivity contribution in [2.75, 3.05) is 19.6 Å². The summed E-state index contributed by atoms with van der Waals surface area (Å²) in [6, 6.07) is 5.62. The van der Waals surface area contributed by atoms with E-state index in [9.17, 15) is 9.59 Å². The fraction of sp³-hybridized carbons (Fsp3) is 0.333. The molecule has 6 heteroatoms. The number of carbonyl (C=O) groups is 2. The molecule has 0 aliphatic carbocycles. The first-order chi connectivity index (χ1) is 11.7. The standard InChI is InChI=1S/C18H20N2O3S/c21-17(4-3-16-2-1-11-24-16)19-12-14-5-8-20(9-6-14)18(22)15-7-10-23-13-15/h1-4,7,10-11,13-14H,5-6,8-9,12H2,(H,19,21). The van der Waals surface area contributed by atoms with Gasteiger partial charge in [0, 0.05) is 30.6 Å². The number of likely N-dealkylation sites (tertiary alicyclic amines) is 1. The van der Waals surface area contributed by atoms with Gasteiger partial charge in [0.05, 0.1) is 11.8 Å². The summed E-state index contributed by atoms with van der Waals surface area (Å²) < 4.78 is 4.96. The molecular weight excluding hydrogens is 324 g/mol. The molecule has 1 fully saturated rings. The average Bonchev–Trinajstić information content (AvgIpc) is 3.31. The van der Waals surface area contributed by atoms with Gasteiger partial charge >= 0.3 is 0 Å². The van der Waals surface area contributed by atoms with Crippen LogP contribution in [0.5, 0.6) is 0 Å². The Kier molecular flexibility index (Phi) is 5.48. The molecule has 5 nitrogen and oxygen atoms in total. The minimum absolute atomic E-state index is 0.0186. The fourth-order valence-electron chi connectivity index (χ4n) is 2.76. The van der Waals surface area contributed by atoms with Gasteiger partial charge in [0.25, 0.3) is 5.91 Å². The van der Waals surface area contributed by atoms with Gasteiger partial charge in [0.1, 0.15) is 6.26 Å². The molecular formula is C18H20N2O3S. The Bertz CT molecular complexity index is 684. The minimum atomic E-state index is -0.0692. The van der Waals surface area contributed by atoms with Crippen molar-refractivity contribution >= 4 is 29.2 Å². The fourth-order valence-corrected chi connectivity index (χ4v) is 3.37. The van der Waals surface area contributed by atoms with Crippen LogP contribution < -0.4 is 5.32 Å². The lowest BCUT2D eigenvalue weighted by Gasteiger charge is -2.31. The SMILES string of the molecule is O=C(C=Cc1cccs1)NCC1CCN(C(=O)c2ccoc2)CC1. The monoisotopic (exact) mass is 344 g/mol. The number of nitrogens with zero attached hydrogens (tertiary/aromatic N) is 1. The van der Waals surface area contributed by atoms with Crippen LogP contribution in [0.25, 0.3) is 6.08 Å². The molecule has 1 saturated heterocycles. The molecule has 24 heavy (non-hydrogen) atoms. The van der Waals surface area contributed by atoms with E-state index in [0.29, 0.717) is 18.0 Å². The molecule has 0 atom stereocenters. The summed E-state index contributed by atoms with van der Waals surface area (Å²) in [5, 5.41) is 4.93. The van der Waals surface area contributed by atoms with E-state index in [-0.39, 0.29) is 11.8 Å². The highest BCUT2D eigenvalue weighted by Gasteiger charge is 2.24. The van der Waals surface area contributed by atoms with Crippen LogP contribution in [0.15, 0.2) is 46.6 Å². The summed E-state index contributed by atoms with van der Waals surface area (Å²) in [4.78, 5) is 27.0. The molecule has 2 aromatic rings. The summed E-state index contributed by atoms with van der Waals surface area (Å²) in [6.07, 6.45) is 8.19. The second-order valence-electron chi connectivity index (χ2n) is 5.84. The summed E-state index contributed by atoms with van der Waals surface area (Å²) >= 11 is 1.60. The number of rotatable bonds is 5. The van der Waals surface area contributed by atoms with Crippen LogP contribution in [0.3, 0.4) is 0 Å². The third-order valence-electron chi connectivity index (χ3n) is 4.18. The molecule has 3 rings (SSSR count). The van der Waals surface area contributed by atoms with E-state index in [1.807, 2.05) is 28.5 Å². The molecule has 0 aromatic carbocycles. The predicted molar refractivity (Wildman–Crippen MR) is 93.7 cm³/mol. The first-order valence-electron chi connectivity index (χ1n) is 8.03. The zero-order valence-electron chi connectivity index (χ0n) is 13.3. The van der Waals surface area contributed by atoms with Gasteiger partial charge in [-0.15, -0.1) is 11.3 Å². The van der Waals surface area contributed by atoms with Crippen molar-refractivity contribution in [1.82, 2.24) is 10.2 Å². The molecule has 0 radical (unpaired) electrons. The van der Waals surface area contributed by atoms with E-state index in [0.717, 1.165) is 30.8 Å². The predicted octanol–water partition coefficient (Wildman–Crippen LogP) is 3.02. The summed E-state index contributed by atoms with van der Waals surface area (Å²) in [5.74, 6) is 0.364. The van der Waals surface area contributed by atoms with Crippen molar-refractivity contribution in [3.05, 3.63) is 52.6 Å². The molecule has 1 aliphatic rings. The van der Waals surface area contributed by atoms with Gasteiger partial charge in [-0.05, 0) is 42.3 Å². The Labute approximate surface area is 145 Å². The van der Waals surface area contributed by atoms with E-state index in [1.165, 1.54) is 12.5 Å². The smallest absolute Gasteiger partial charge is 0.257 e. The number of amides is 2. The highest BCUT2D eigenvalue weighted by molar-refractivity contribution is 7.10. The summed E-state index contributed by atoms with van der Waals surface area (Å²) in [6.45, 7) is 2.09. The zero-order chi connectivity index (χ0) is 16.8. The highest BCUT2D eigenvalue weighted by atomic mass is 32.1. The highest BCUT2D eigenvalue weighted by Crippen LogP contribution is 2.18. The Morgan fingerprint density at radius 2 is 2.17 bits per heavy atom. The maximum atomic E-state index is 12.2. The van der Waals surface area contributed by atoms with Crippen LogP contribution in [0, 0.1) is 5.92 Å². The average molecular weight is 344 g/mol. The Morgan fingerprint density at radius 3 is 2.83 bits per heavy atom. The van der Waals surface area contributed by atoms with Crippen molar-refractivity contribution < 1.29 is 14.0 Å². The molecule has 2 amide bonds. The quantitative estimate of drug-likeness (QED) is 0.848. The molecule has 0 saturated carbocycles. The van der Waals surface area contributed by atoms with Gasteiger partial charge in [-0.1, -0.05) is 6.07 Å². The van der Waals surface area contributed by atoms with Crippen LogP contribution in [0.4, 0.5) is 0 Å². The van der Waals surface area contributed by atoms with Gasteiger partial charge in [0.15, 0.2) is 0 Å². The first-order valence-corrected chi connectivity index (χ1v) is 8.91. The van der Waals surface area contributed by atoms with Gasteiger partial charge in [0.2, 0.25) is 5.91 Å². The van der Waals surface area contributed by atoms with Gasteiger partial charge in [-0.3, -0.25) is 9.59 Å². The summed E-state index contributed by atoms with van der Waals surface area (Å²) in [5.41, 5.74) is 0.598. The van der Waals surface area contributed by atoms with Crippen LogP contribution in [-0.2, 0) is 4.79 Å². The lowest BCUT2D eigenvalue weighted by molar-refractivity contribution is -0.116. The number of nitrogens with one attached hydrogen (secondary N) is 1. The molecule has 3 heterocycles. The summed E-state index contributed by atoms with van der Waals surface area (Å²) in [7, 11) is 0. The molecule has 126 valence electrons. The maximum Gasteiger partial charge on any atom is 0.257 e. The molecule has 0 spiro atoms. The first kappa shape index (κ1) is 16.5. The van der Waals surface area contributed by atoms with E-state index >= 15 is 0 Å². The second kappa shape index (κ2) is 7.97. The number of thiophene rings is 1. The normalized spacial score (nSPS) is 15.8. The molecule has 0 unspecified atom stereocenters. The molecule has 2 aromatic heterocycles. The Morgan fingerprint density at radius 1 is 1.33 bits per heavy atom. The van der Waals surface area contributed by atoms with Crippen LogP contribution in [-0.4, -0.2) is 36.3 Å². The van der Waals surface area contributed by atoms with Crippen LogP contribution in [0.1, 0.15) is 28.1 Å². The maximum absolute atomic E-state index is 12.2. The number of carbonyl (C=O) groups excluding carboxylic acids is 2. The van der Waals surface area contributed by atoms with Gasteiger partial charge < -0.3 is 14.6 Å². The number of hydrogen-bond donors (Lipinski definition) is 1. The largest absolute Gasteiger partial charge is 0.472 e. The topological polar surface area (TPSA) is 62.6 Å². The van der Waals surface area contributed by atoms with E-state index in [1.54, 1.807) is 23.5 Å². The van der Waals surface area contributed by atoms with Gasteiger partial charge in [-0.2, -0.15) is 0 Å². The molecule has 0 bridgehead atoms. The van der Waals surface area contributed by atoms with Crippen LogP contribution >= 0.6 is 11.3 Å². The molecule has 1 N–H and O–H groups in total. The van der Waals surface area contributed by atoms with Crippen molar-refractivity contribution in [2.24, 2.45) is 5.92 Å². The minimum Gasteiger partial charge on any atom is -0.472 e. The van der Waals surface area contributed by atoms with Crippen LogP contribution in [0.2, 0.25) is 0 Å². The number of hydrogen-bond acceptors (Lipinski definition) is 4. The van der Waals surface area contributed by atoms with Crippen molar-refractivity contribution in [3.63, 3.8) is 0 Å².